The van der Waals surface area contributed by atoms with E-state index in [1.165, 1.54) is 0 Å². The Bertz CT molecular complexity index is 1360. The molecule has 1 aliphatic carbocycles. The standard InChI is InChI=1S/C24H36F2N12O12/c1-7-2-8(33-37-29)15(41)20(18(7)49-22-14(34-38-30)21(44)24(25,26)12(47-22)5-32-36-28)50-23-17(43)19(11(6-39)46-23)48-13-3-9(40)16(42)10(45-13)4-31-35-27/h7-23,39-44H,2-6H2,1H3/t7-,8?,9+,10-,11+,12+,13+,14?,15-,16-,17+,18+,19+,20+,21+,22+,23-/m0/s1. The minimum Gasteiger partial charge on any atom is -0.394 e. The molecular weight excluding hydrogens is 686 g/mol. The van der Waals surface area contributed by atoms with Crippen LogP contribution in [0.5, 0.6) is 0 Å². The summed E-state index contributed by atoms with van der Waals surface area (Å²) in [6, 6.07) is -3.21. The number of aliphatic hydroxyl groups is 6. The van der Waals surface area contributed by atoms with Crippen LogP contribution in [0.1, 0.15) is 19.8 Å². The number of rotatable bonds is 13. The van der Waals surface area contributed by atoms with Crippen molar-refractivity contribution in [1.29, 1.82) is 0 Å². The number of azide groups is 4. The molecule has 3 aliphatic heterocycles. The normalized spacial score (nSPS) is 44.1. The second kappa shape index (κ2) is 17.2. The predicted molar refractivity (Wildman–Crippen MR) is 155 cm³/mol. The number of ether oxygens (including phenoxy) is 6. The van der Waals surface area contributed by atoms with Gasteiger partial charge in [-0.2, -0.15) is 0 Å². The third-order valence-electron chi connectivity index (χ3n) is 8.87. The molecule has 0 aromatic carbocycles. The van der Waals surface area contributed by atoms with Crippen LogP contribution in [0.25, 0.3) is 41.8 Å². The first-order chi connectivity index (χ1) is 23.8. The highest BCUT2D eigenvalue weighted by Crippen LogP contribution is 2.41. The van der Waals surface area contributed by atoms with E-state index in [0.717, 1.165) is 0 Å². The first-order valence-electron chi connectivity index (χ1n) is 15.2. The fourth-order valence-electron chi connectivity index (χ4n) is 6.30. The van der Waals surface area contributed by atoms with Crippen LogP contribution in [0.4, 0.5) is 8.78 Å². The third kappa shape index (κ3) is 8.39. The summed E-state index contributed by atoms with van der Waals surface area (Å²) in [5.41, 5.74) is 35.4. The van der Waals surface area contributed by atoms with E-state index in [-0.39, 0.29) is 19.4 Å². The van der Waals surface area contributed by atoms with Gasteiger partial charge in [0.25, 0.3) is 5.92 Å². The van der Waals surface area contributed by atoms with Gasteiger partial charge in [0.1, 0.15) is 48.8 Å². The van der Waals surface area contributed by atoms with Crippen molar-refractivity contribution in [3.63, 3.8) is 0 Å². The van der Waals surface area contributed by atoms with Gasteiger partial charge in [0.15, 0.2) is 18.9 Å². The summed E-state index contributed by atoms with van der Waals surface area (Å²) in [5.74, 6) is -4.82. The molecule has 4 fully saturated rings. The van der Waals surface area contributed by atoms with E-state index < -0.39 is 123 Å². The van der Waals surface area contributed by atoms with Gasteiger partial charge < -0.3 is 59.1 Å². The van der Waals surface area contributed by atoms with Crippen LogP contribution in [0.3, 0.4) is 0 Å². The lowest BCUT2D eigenvalue weighted by Gasteiger charge is -2.47. The van der Waals surface area contributed by atoms with Crippen LogP contribution >= 0.6 is 0 Å². The highest BCUT2D eigenvalue weighted by atomic mass is 19.3. The van der Waals surface area contributed by atoms with Crippen LogP contribution < -0.4 is 0 Å². The summed E-state index contributed by atoms with van der Waals surface area (Å²) in [6.07, 6.45) is -23.4. The van der Waals surface area contributed by atoms with Crippen LogP contribution in [-0.4, -0.2) is 154 Å². The zero-order valence-corrected chi connectivity index (χ0v) is 26.1. The first kappa shape index (κ1) is 39.4. The molecule has 0 spiro atoms. The molecule has 3 heterocycles. The predicted octanol–water partition coefficient (Wildman–Crippen LogP) is 0.157. The molecule has 278 valence electrons. The number of halogens is 2. The molecule has 2 unspecified atom stereocenters. The van der Waals surface area contributed by atoms with E-state index >= 15 is 0 Å². The molecule has 17 atom stereocenters. The van der Waals surface area contributed by atoms with E-state index in [4.69, 9.17) is 50.5 Å². The Labute approximate surface area is 279 Å². The minimum atomic E-state index is -4.07. The average Bonchev–Trinajstić information content (AvgIpc) is 3.37. The van der Waals surface area contributed by atoms with Crippen LogP contribution in [0.15, 0.2) is 20.5 Å². The fraction of sp³-hybridized carbons (Fsp3) is 1.00. The largest absolute Gasteiger partial charge is 0.394 e. The Morgan fingerprint density at radius 3 is 2.04 bits per heavy atom. The van der Waals surface area contributed by atoms with Gasteiger partial charge in [-0.15, -0.1) is 0 Å². The monoisotopic (exact) mass is 722 g/mol. The maximum atomic E-state index is 14.9. The summed E-state index contributed by atoms with van der Waals surface area (Å²) in [5, 5.41) is 76.7. The molecule has 6 N–H and O–H groups in total. The Morgan fingerprint density at radius 2 is 1.40 bits per heavy atom. The summed E-state index contributed by atoms with van der Waals surface area (Å²) >= 11 is 0. The van der Waals surface area contributed by atoms with E-state index in [1.807, 2.05) is 0 Å². The highest BCUT2D eigenvalue weighted by molar-refractivity contribution is 5.03. The number of aliphatic hydroxyl groups excluding tert-OH is 6. The first-order valence-corrected chi connectivity index (χ1v) is 15.2. The topological polar surface area (TPSA) is 372 Å². The summed E-state index contributed by atoms with van der Waals surface area (Å²) in [4.78, 5) is 10.2. The molecular formula is C24H36F2N12O12. The molecule has 0 aromatic heterocycles. The average molecular weight is 723 g/mol. The van der Waals surface area contributed by atoms with Gasteiger partial charge in [0, 0.05) is 26.1 Å². The third-order valence-corrected chi connectivity index (χ3v) is 8.87. The fourth-order valence-corrected chi connectivity index (χ4v) is 6.30. The van der Waals surface area contributed by atoms with Gasteiger partial charge >= 0.3 is 0 Å². The van der Waals surface area contributed by atoms with Gasteiger partial charge in [0.05, 0.1) is 50.2 Å². The van der Waals surface area contributed by atoms with Gasteiger partial charge in [0.2, 0.25) is 0 Å². The van der Waals surface area contributed by atoms with Crippen LogP contribution in [-0.2, 0) is 28.4 Å². The lowest BCUT2D eigenvalue weighted by atomic mass is 9.80. The van der Waals surface area contributed by atoms with Crippen molar-refractivity contribution in [2.75, 3.05) is 19.7 Å². The maximum Gasteiger partial charge on any atom is 0.299 e. The van der Waals surface area contributed by atoms with Crippen LogP contribution in [0, 0.1) is 5.92 Å². The van der Waals surface area contributed by atoms with Crippen molar-refractivity contribution >= 4 is 0 Å². The molecule has 0 bridgehead atoms. The molecule has 0 amide bonds. The molecule has 50 heavy (non-hydrogen) atoms. The van der Waals surface area contributed by atoms with Crippen molar-refractivity contribution < 1.29 is 67.8 Å². The Balaban J connectivity index is 1.58. The number of nitrogens with zero attached hydrogens (tertiary/aromatic N) is 12. The minimum absolute atomic E-state index is 0.0567. The highest BCUT2D eigenvalue weighted by Gasteiger charge is 2.59. The van der Waals surface area contributed by atoms with Crippen molar-refractivity contribution in [3.8, 4) is 0 Å². The SMILES string of the molecule is C[C@H]1CC(N=[N+]=[N-])[C@H](O)[C@@H](O[C@@H]2O[C@H](CO)[C@@H](O[C@@H]3C[C@@H](O)[C@H](O)[C@H](CN=[N+]=[N-])O3)[C@H]2O)[C@@H]1O[C@H]1O[C@H](CN=[N+]=[N-])C(F)(F)[C@H](O)C1N=[N+]=[N-]. The molecule has 3 saturated heterocycles. The molecule has 1 saturated carbocycles. The lowest BCUT2D eigenvalue weighted by molar-refractivity contribution is -0.336. The zero-order chi connectivity index (χ0) is 36.7. The molecule has 26 heteroatoms. The number of alkyl halides is 2. The molecule has 4 rings (SSSR count). The lowest BCUT2D eigenvalue weighted by Crippen LogP contribution is -2.64. The Morgan fingerprint density at radius 1 is 0.740 bits per heavy atom. The van der Waals surface area contributed by atoms with Crippen molar-refractivity contribution in [2.45, 2.75) is 124 Å². The van der Waals surface area contributed by atoms with E-state index in [9.17, 15) is 39.4 Å². The summed E-state index contributed by atoms with van der Waals surface area (Å²) in [7, 11) is 0. The zero-order valence-electron chi connectivity index (χ0n) is 26.1. The molecule has 0 aromatic rings. The maximum absolute atomic E-state index is 14.9. The van der Waals surface area contributed by atoms with Crippen LogP contribution in [0.2, 0.25) is 0 Å². The Hall–Kier alpha value is -3.38. The van der Waals surface area contributed by atoms with Crippen molar-refractivity contribution in [3.05, 3.63) is 41.8 Å². The number of hydrogen-bond donors (Lipinski definition) is 6. The molecule has 4 aliphatic rings. The van der Waals surface area contributed by atoms with E-state index in [0.29, 0.717) is 0 Å². The Kier molecular flexibility index (Phi) is 13.6. The summed E-state index contributed by atoms with van der Waals surface area (Å²) in [6.45, 7) is -0.535. The van der Waals surface area contributed by atoms with Gasteiger partial charge in [-0.1, -0.05) is 27.4 Å². The van der Waals surface area contributed by atoms with Gasteiger partial charge in [-0.25, -0.2) is 8.78 Å². The quantitative estimate of drug-likeness (QED) is 0.0841. The summed E-state index contributed by atoms with van der Waals surface area (Å²) < 4.78 is 64.1. The van der Waals surface area contributed by atoms with E-state index in [1.54, 1.807) is 6.92 Å². The second-order valence-corrected chi connectivity index (χ2v) is 12.0. The second-order valence-electron chi connectivity index (χ2n) is 12.0. The van der Waals surface area contributed by atoms with Crippen molar-refractivity contribution in [1.82, 2.24) is 0 Å². The molecule has 0 radical (unpaired) electrons. The number of hydrogen-bond acceptors (Lipinski definition) is 16. The van der Waals surface area contributed by atoms with Gasteiger partial charge in [-0.3, -0.25) is 0 Å². The van der Waals surface area contributed by atoms with Gasteiger partial charge in [-0.05, 0) is 34.5 Å². The molecule has 24 nitrogen and oxygen atoms in total. The van der Waals surface area contributed by atoms with E-state index in [2.05, 4.69) is 40.1 Å². The van der Waals surface area contributed by atoms with Crippen molar-refractivity contribution in [2.24, 2.45) is 26.4 Å². The smallest absolute Gasteiger partial charge is 0.299 e.